The number of furan rings is 1. The first kappa shape index (κ1) is 14.6. The molecular formula is C18H24FNO. The molecular weight excluding hydrogens is 265 g/mol. The van der Waals surface area contributed by atoms with Crippen molar-refractivity contribution >= 4 is 11.0 Å². The van der Waals surface area contributed by atoms with Crippen molar-refractivity contribution in [1.82, 2.24) is 5.32 Å². The van der Waals surface area contributed by atoms with Crippen LogP contribution in [0.4, 0.5) is 4.39 Å². The first-order chi connectivity index (χ1) is 10.3. The minimum absolute atomic E-state index is 0.195. The molecule has 1 N–H and O–H groups in total. The zero-order valence-electron chi connectivity index (χ0n) is 12.7. The fraction of sp³-hybridized carbons (Fsp3) is 0.556. The monoisotopic (exact) mass is 289 g/mol. The molecule has 1 fully saturated rings. The average molecular weight is 289 g/mol. The van der Waals surface area contributed by atoms with E-state index >= 15 is 0 Å². The molecule has 1 aromatic heterocycles. The number of halogens is 1. The van der Waals surface area contributed by atoms with Gasteiger partial charge in [-0.15, -0.1) is 0 Å². The van der Waals surface area contributed by atoms with Gasteiger partial charge in [0.05, 0.1) is 0 Å². The van der Waals surface area contributed by atoms with Gasteiger partial charge < -0.3 is 9.73 Å². The summed E-state index contributed by atoms with van der Waals surface area (Å²) in [6.45, 7) is 4.33. The van der Waals surface area contributed by atoms with Crippen LogP contribution >= 0.6 is 0 Å². The number of hydrogen-bond donors (Lipinski definition) is 1. The third kappa shape index (κ3) is 3.29. The topological polar surface area (TPSA) is 25.2 Å². The standard InChI is InChI=1S/C18H24FNO/c1-2-9-20-12-13-5-3-4-6-16(13)18-11-14-10-15(19)7-8-17(14)21-18/h7-8,10-11,13,16,20H,2-6,9,12H2,1H3. The van der Waals surface area contributed by atoms with Gasteiger partial charge in [0.2, 0.25) is 0 Å². The van der Waals surface area contributed by atoms with Gasteiger partial charge in [-0.3, -0.25) is 0 Å². The van der Waals surface area contributed by atoms with Crippen LogP contribution in [-0.4, -0.2) is 13.1 Å². The Bertz CT molecular complexity index is 592. The molecule has 2 aromatic rings. The third-order valence-corrected chi connectivity index (χ3v) is 4.61. The van der Waals surface area contributed by atoms with Crippen LogP contribution in [0.1, 0.15) is 50.7 Å². The molecule has 114 valence electrons. The van der Waals surface area contributed by atoms with E-state index in [1.54, 1.807) is 12.1 Å². The maximum Gasteiger partial charge on any atom is 0.134 e. The van der Waals surface area contributed by atoms with Gasteiger partial charge in [-0.1, -0.05) is 19.8 Å². The molecule has 1 aliphatic rings. The minimum Gasteiger partial charge on any atom is -0.461 e. The van der Waals surface area contributed by atoms with E-state index in [4.69, 9.17) is 4.42 Å². The second-order valence-electron chi connectivity index (χ2n) is 6.19. The molecule has 0 aliphatic heterocycles. The number of hydrogen-bond acceptors (Lipinski definition) is 2. The van der Waals surface area contributed by atoms with Crippen LogP contribution < -0.4 is 5.32 Å². The molecule has 1 aliphatic carbocycles. The molecule has 0 spiro atoms. The van der Waals surface area contributed by atoms with Gasteiger partial charge in [-0.25, -0.2) is 4.39 Å². The van der Waals surface area contributed by atoms with Crippen LogP contribution in [0.25, 0.3) is 11.0 Å². The lowest BCUT2D eigenvalue weighted by atomic mass is 9.78. The summed E-state index contributed by atoms with van der Waals surface area (Å²) in [5.41, 5.74) is 0.803. The first-order valence-corrected chi connectivity index (χ1v) is 8.17. The van der Waals surface area contributed by atoms with E-state index in [1.807, 2.05) is 6.07 Å². The molecule has 1 heterocycles. The van der Waals surface area contributed by atoms with Crippen molar-refractivity contribution in [3.8, 4) is 0 Å². The molecule has 2 atom stereocenters. The Kier molecular flexibility index (Phi) is 4.59. The summed E-state index contributed by atoms with van der Waals surface area (Å²) in [4.78, 5) is 0. The van der Waals surface area contributed by atoms with Gasteiger partial charge in [0.15, 0.2) is 0 Å². The van der Waals surface area contributed by atoms with Crippen molar-refractivity contribution in [2.45, 2.75) is 44.9 Å². The number of nitrogens with one attached hydrogen (secondary N) is 1. The quantitative estimate of drug-likeness (QED) is 0.796. The molecule has 21 heavy (non-hydrogen) atoms. The number of benzene rings is 1. The van der Waals surface area contributed by atoms with Crippen molar-refractivity contribution in [2.24, 2.45) is 5.92 Å². The molecule has 0 saturated heterocycles. The predicted molar refractivity (Wildman–Crippen MR) is 84.0 cm³/mol. The Morgan fingerprint density at radius 3 is 2.95 bits per heavy atom. The summed E-state index contributed by atoms with van der Waals surface area (Å²) in [6.07, 6.45) is 6.18. The summed E-state index contributed by atoms with van der Waals surface area (Å²) < 4.78 is 19.3. The Balaban J connectivity index is 1.80. The number of fused-ring (bicyclic) bond motifs is 1. The largest absolute Gasteiger partial charge is 0.461 e. The molecule has 2 nitrogen and oxygen atoms in total. The second kappa shape index (κ2) is 6.61. The van der Waals surface area contributed by atoms with Crippen molar-refractivity contribution in [3.63, 3.8) is 0 Å². The van der Waals surface area contributed by atoms with Gasteiger partial charge in [0.1, 0.15) is 17.2 Å². The van der Waals surface area contributed by atoms with E-state index in [1.165, 1.54) is 38.2 Å². The molecule has 3 heteroatoms. The SMILES string of the molecule is CCCNCC1CCCCC1c1cc2cc(F)ccc2o1. The smallest absolute Gasteiger partial charge is 0.134 e. The fourth-order valence-electron chi connectivity index (χ4n) is 3.51. The lowest BCUT2D eigenvalue weighted by Crippen LogP contribution is -2.29. The Hall–Kier alpha value is -1.35. The summed E-state index contributed by atoms with van der Waals surface area (Å²) in [6, 6.07) is 6.81. The number of rotatable bonds is 5. The van der Waals surface area contributed by atoms with Crippen molar-refractivity contribution in [3.05, 3.63) is 35.8 Å². The van der Waals surface area contributed by atoms with Gasteiger partial charge in [0.25, 0.3) is 0 Å². The lowest BCUT2D eigenvalue weighted by molar-refractivity contribution is 0.268. The van der Waals surface area contributed by atoms with Gasteiger partial charge in [-0.05, 0) is 62.5 Å². The molecule has 1 aromatic carbocycles. The van der Waals surface area contributed by atoms with E-state index < -0.39 is 0 Å². The van der Waals surface area contributed by atoms with E-state index in [9.17, 15) is 4.39 Å². The highest BCUT2D eigenvalue weighted by molar-refractivity contribution is 5.78. The van der Waals surface area contributed by atoms with Gasteiger partial charge >= 0.3 is 0 Å². The highest BCUT2D eigenvalue weighted by atomic mass is 19.1. The van der Waals surface area contributed by atoms with Crippen LogP contribution in [-0.2, 0) is 0 Å². The lowest BCUT2D eigenvalue weighted by Gasteiger charge is -2.30. The fourth-order valence-corrected chi connectivity index (χ4v) is 3.51. The van der Waals surface area contributed by atoms with Crippen LogP contribution in [0, 0.1) is 11.7 Å². The molecule has 0 bridgehead atoms. The van der Waals surface area contributed by atoms with Crippen LogP contribution in [0.3, 0.4) is 0 Å². The Labute approximate surface area is 125 Å². The highest BCUT2D eigenvalue weighted by Gasteiger charge is 2.28. The van der Waals surface area contributed by atoms with Crippen molar-refractivity contribution < 1.29 is 8.81 Å². The van der Waals surface area contributed by atoms with Gasteiger partial charge in [0, 0.05) is 11.3 Å². The van der Waals surface area contributed by atoms with Crippen LogP contribution in [0.15, 0.2) is 28.7 Å². The average Bonchev–Trinajstić information content (AvgIpc) is 2.91. The van der Waals surface area contributed by atoms with E-state index in [0.717, 1.165) is 29.8 Å². The van der Waals surface area contributed by atoms with Crippen LogP contribution in [0.5, 0.6) is 0 Å². The summed E-state index contributed by atoms with van der Waals surface area (Å²) in [5.74, 6) is 1.95. The molecule has 0 amide bonds. The van der Waals surface area contributed by atoms with E-state index in [0.29, 0.717) is 11.8 Å². The van der Waals surface area contributed by atoms with Gasteiger partial charge in [-0.2, -0.15) is 0 Å². The molecule has 1 saturated carbocycles. The van der Waals surface area contributed by atoms with Crippen molar-refractivity contribution in [1.29, 1.82) is 0 Å². The second-order valence-corrected chi connectivity index (χ2v) is 6.19. The van der Waals surface area contributed by atoms with Crippen molar-refractivity contribution in [2.75, 3.05) is 13.1 Å². The summed E-state index contributed by atoms with van der Waals surface area (Å²) >= 11 is 0. The maximum absolute atomic E-state index is 13.3. The van der Waals surface area contributed by atoms with E-state index in [-0.39, 0.29) is 5.82 Å². The predicted octanol–water partition coefficient (Wildman–Crippen LogP) is 4.85. The highest BCUT2D eigenvalue weighted by Crippen LogP contribution is 2.39. The minimum atomic E-state index is -0.195. The molecule has 0 radical (unpaired) electrons. The van der Waals surface area contributed by atoms with Crippen LogP contribution in [0.2, 0.25) is 0 Å². The summed E-state index contributed by atoms with van der Waals surface area (Å²) in [5, 5.41) is 4.43. The summed E-state index contributed by atoms with van der Waals surface area (Å²) in [7, 11) is 0. The zero-order chi connectivity index (χ0) is 14.7. The first-order valence-electron chi connectivity index (χ1n) is 8.17. The zero-order valence-corrected chi connectivity index (χ0v) is 12.7. The normalized spacial score (nSPS) is 22.8. The molecule has 3 rings (SSSR count). The van der Waals surface area contributed by atoms with E-state index in [2.05, 4.69) is 12.2 Å². The maximum atomic E-state index is 13.3. The Morgan fingerprint density at radius 1 is 1.24 bits per heavy atom. The molecule has 2 unspecified atom stereocenters. The Morgan fingerprint density at radius 2 is 2.10 bits per heavy atom. The third-order valence-electron chi connectivity index (χ3n) is 4.61.